The first kappa shape index (κ1) is 19.4. The summed E-state index contributed by atoms with van der Waals surface area (Å²) in [5.41, 5.74) is 2.51. The number of nitrogens with one attached hydrogen (secondary N) is 1. The van der Waals surface area contributed by atoms with Gasteiger partial charge in [-0.15, -0.1) is 5.10 Å². The number of amides is 1. The molecule has 1 aliphatic rings. The minimum atomic E-state index is -0.351. The number of aryl methyl sites for hydroxylation is 1. The number of piperazine rings is 1. The lowest BCUT2D eigenvalue weighted by molar-refractivity contribution is 0.102. The van der Waals surface area contributed by atoms with Crippen LogP contribution in [-0.2, 0) is 0 Å². The molecule has 1 fully saturated rings. The van der Waals surface area contributed by atoms with E-state index in [1.54, 1.807) is 25.3 Å². The zero-order chi connectivity index (χ0) is 20.4. The number of likely N-dealkylation sites (N-methyl/N-ethyl adjacent to an activating group) is 1. The van der Waals surface area contributed by atoms with Gasteiger partial charge in [0, 0.05) is 31.2 Å². The van der Waals surface area contributed by atoms with Gasteiger partial charge >= 0.3 is 0 Å². The molecule has 3 aromatic rings. The zero-order valence-corrected chi connectivity index (χ0v) is 17.1. The number of nitrogens with zero attached hydrogens (tertiary/aromatic N) is 6. The van der Waals surface area contributed by atoms with Crippen LogP contribution in [0.5, 0.6) is 0 Å². The fraction of sp³-hybridized carbons (Fsp3) is 0.300. The van der Waals surface area contributed by atoms with E-state index in [9.17, 15) is 4.79 Å². The van der Waals surface area contributed by atoms with Crippen LogP contribution in [0.3, 0.4) is 0 Å². The maximum atomic E-state index is 12.7. The van der Waals surface area contributed by atoms with Gasteiger partial charge in [0.2, 0.25) is 0 Å². The summed E-state index contributed by atoms with van der Waals surface area (Å²) in [5.74, 6) is 0.125. The van der Waals surface area contributed by atoms with E-state index in [1.807, 2.05) is 24.3 Å². The highest BCUT2D eigenvalue weighted by molar-refractivity contribution is 6.30. The molecule has 0 spiro atoms. The standard InChI is InChI=1S/C20H22ClN7O/c1-14-19(25-28(24-14)16-5-3-4-15(21)12-16)20(29)23-18-7-6-17(13-22-18)27-10-8-26(2)9-11-27/h3-7,12-13H,8-11H2,1-2H3,(H,22,23,29). The molecule has 0 bridgehead atoms. The summed E-state index contributed by atoms with van der Waals surface area (Å²) in [7, 11) is 2.12. The molecule has 9 heteroatoms. The lowest BCUT2D eigenvalue weighted by Crippen LogP contribution is -2.44. The quantitative estimate of drug-likeness (QED) is 0.711. The van der Waals surface area contributed by atoms with E-state index in [0.29, 0.717) is 22.2 Å². The second-order valence-electron chi connectivity index (χ2n) is 7.05. The van der Waals surface area contributed by atoms with Gasteiger partial charge in [-0.3, -0.25) is 4.79 Å². The summed E-state index contributed by atoms with van der Waals surface area (Å²) in [6.07, 6.45) is 1.79. The highest BCUT2D eigenvalue weighted by Crippen LogP contribution is 2.18. The fourth-order valence-corrected chi connectivity index (χ4v) is 3.38. The van der Waals surface area contributed by atoms with Crippen molar-refractivity contribution in [3.63, 3.8) is 0 Å². The van der Waals surface area contributed by atoms with Crippen LogP contribution in [0.2, 0.25) is 5.02 Å². The van der Waals surface area contributed by atoms with Gasteiger partial charge in [-0.1, -0.05) is 17.7 Å². The van der Waals surface area contributed by atoms with Gasteiger partial charge in [-0.2, -0.15) is 9.90 Å². The third kappa shape index (κ3) is 4.38. The Bertz CT molecular complexity index is 1010. The molecule has 150 valence electrons. The molecule has 8 nitrogen and oxygen atoms in total. The highest BCUT2D eigenvalue weighted by Gasteiger charge is 2.18. The summed E-state index contributed by atoms with van der Waals surface area (Å²) < 4.78 is 0. The molecule has 1 amide bonds. The van der Waals surface area contributed by atoms with Crippen LogP contribution in [0, 0.1) is 6.92 Å². The molecule has 3 heterocycles. The first-order valence-corrected chi connectivity index (χ1v) is 9.78. The number of carbonyl (C=O) groups excluding carboxylic acids is 1. The SMILES string of the molecule is Cc1nn(-c2cccc(Cl)c2)nc1C(=O)Nc1ccc(N2CCN(C)CC2)cn1. The minimum Gasteiger partial charge on any atom is -0.368 e. The van der Waals surface area contributed by atoms with Crippen LogP contribution in [0.1, 0.15) is 16.2 Å². The topological polar surface area (TPSA) is 79.2 Å². The van der Waals surface area contributed by atoms with Crippen molar-refractivity contribution in [1.29, 1.82) is 0 Å². The zero-order valence-electron chi connectivity index (χ0n) is 16.3. The van der Waals surface area contributed by atoms with Crippen molar-refractivity contribution in [2.45, 2.75) is 6.92 Å². The molecule has 0 radical (unpaired) electrons. The normalized spacial score (nSPS) is 14.8. The Morgan fingerprint density at radius 3 is 2.55 bits per heavy atom. The lowest BCUT2D eigenvalue weighted by Gasteiger charge is -2.33. The Morgan fingerprint density at radius 2 is 1.86 bits per heavy atom. The number of hydrogen-bond acceptors (Lipinski definition) is 6. The molecule has 2 aromatic heterocycles. The number of hydrogen-bond donors (Lipinski definition) is 1. The van der Waals surface area contributed by atoms with Gasteiger partial charge in [0.15, 0.2) is 5.69 Å². The second-order valence-corrected chi connectivity index (χ2v) is 7.49. The monoisotopic (exact) mass is 411 g/mol. The van der Waals surface area contributed by atoms with Crippen LogP contribution < -0.4 is 10.2 Å². The van der Waals surface area contributed by atoms with E-state index < -0.39 is 0 Å². The summed E-state index contributed by atoms with van der Waals surface area (Å²) in [5, 5.41) is 12.0. The van der Waals surface area contributed by atoms with Crippen molar-refractivity contribution in [1.82, 2.24) is 24.9 Å². The maximum Gasteiger partial charge on any atom is 0.279 e. The molecular weight excluding hydrogens is 390 g/mol. The maximum absolute atomic E-state index is 12.7. The van der Waals surface area contributed by atoms with Gasteiger partial charge in [0.25, 0.3) is 5.91 Å². The van der Waals surface area contributed by atoms with Gasteiger partial charge in [0.05, 0.1) is 23.3 Å². The minimum absolute atomic E-state index is 0.245. The number of anilines is 2. The van der Waals surface area contributed by atoms with Crippen molar-refractivity contribution < 1.29 is 4.79 Å². The molecular formula is C20H22ClN7O. The lowest BCUT2D eigenvalue weighted by atomic mass is 10.3. The van der Waals surface area contributed by atoms with E-state index in [-0.39, 0.29) is 11.6 Å². The largest absolute Gasteiger partial charge is 0.368 e. The Hall–Kier alpha value is -2.97. The molecule has 1 N–H and O–H groups in total. The second kappa shape index (κ2) is 8.18. The summed E-state index contributed by atoms with van der Waals surface area (Å²) in [6.45, 7) is 5.73. The average Bonchev–Trinajstić information content (AvgIpc) is 3.11. The van der Waals surface area contributed by atoms with Crippen LogP contribution in [0.4, 0.5) is 11.5 Å². The number of aromatic nitrogens is 4. The van der Waals surface area contributed by atoms with Crippen LogP contribution in [0.15, 0.2) is 42.6 Å². The molecule has 4 rings (SSSR count). The van der Waals surface area contributed by atoms with Gasteiger partial charge in [-0.25, -0.2) is 4.98 Å². The smallest absolute Gasteiger partial charge is 0.279 e. The fourth-order valence-electron chi connectivity index (χ4n) is 3.19. The molecule has 1 saturated heterocycles. The van der Waals surface area contributed by atoms with Crippen LogP contribution >= 0.6 is 11.6 Å². The number of benzene rings is 1. The molecule has 1 aliphatic heterocycles. The van der Waals surface area contributed by atoms with Crippen LogP contribution in [0.25, 0.3) is 5.69 Å². The van der Waals surface area contributed by atoms with Crippen LogP contribution in [-0.4, -0.2) is 64.0 Å². The summed E-state index contributed by atoms with van der Waals surface area (Å²) >= 11 is 6.02. The molecule has 0 aliphatic carbocycles. The van der Waals surface area contributed by atoms with Crippen molar-refractivity contribution in [2.75, 3.05) is 43.4 Å². The Labute approximate surface area is 174 Å². The predicted octanol–water partition coefficient (Wildman–Crippen LogP) is 2.63. The first-order chi connectivity index (χ1) is 14.0. The van der Waals surface area contributed by atoms with E-state index in [0.717, 1.165) is 31.9 Å². The van der Waals surface area contributed by atoms with Crippen molar-refractivity contribution in [2.24, 2.45) is 0 Å². The van der Waals surface area contributed by atoms with Gasteiger partial charge in [0.1, 0.15) is 5.82 Å². The highest BCUT2D eigenvalue weighted by atomic mass is 35.5. The molecule has 0 unspecified atom stereocenters. The Morgan fingerprint density at radius 1 is 1.07 bits per heavy atom. The Kier molecular flexibility index (Phi) is 5.46. The van der Waals surface area contributed by atoms with E-state index in [1.165, 1.54) is 4.80 Å². The number of pyridine rings is 1. The van der Waals surface area contributed by atoms with Crippen molar-refractivity contribution >= 4 is 29.0 Å². The third-order valence-corrected chi connectivity index (χ3v) is 5.13. The molecule has 1 aromatic carbocycles. The van der Waals surface area contributed by atoms with E-state index in [4.69, 9.17) is 11.6 Å². The molecule has 29 heavy (non-hydrogen) atoms. The van der Waals surface area contributed by atoms with Crippen molar-refractivity contribution in [3.05, 3.63) is 59.0 Å². The molecule has 0 atom stereocenters. The average molecular weight is 412 g/mol. The predicted molar refractivity (Wildman–Crippen MR) is 113 cm³/mol. The number of rotatable bonds is 4. The van der Waals surface area contributed by atoms with E-state index in [2.05, 4.69) is 37.3 Å². The molecule has 0 saturated carbocycles. The third-order valence-electron chi connectivity index (χ3n) is 4.89. The summed E-state index contributed by atoms with van der Waals surface area (Å²) in [4.78, 5) is 23.0. The number of carbonyl (C=O) groups is 1. The van der Waals surface area contributed by atoms with Gasteiger partial charge in [-0.05, 0) is 44.3 Å². The van der Waals surface area contributed by atoms with Gasteiger partial charge < -0.3 is 15.1 Å². The first-order valence-electron chi connectivity index (χ1n) is 9.40. The Balaban J connectivity index is 1.45. The number of halogens is 1. The summed E-state index contributed by atoms with van der Waals surface area (Å²) in [6, 6.07) is 10.9. The van der Waals surface area contributed by atoms with Crippen molar-refractivity contribution in [3.8, 4) is 5.69 Å². The van der Waals surface area contributed by atoms with E-state index >= 15 is 0 Å².